The van der Waals surface area contributed by atoms with Gasteiger partial charge in [-0.3, -0.25) is 23.0 Å². The summed E-state index contributed by atoms with van der Waals surface area (Å²) in [5.74, 6) is -0.968. The quantitative estimate of drug-likeness (QED) is 0.202. The van der Waals surface area contributed by atoms with Gasteiger partial charge in [0.25, 0.3) is 46.4 Å². The van der Waals surface area contributed by atoms with E-state index in [9.17, 15) is 56.7 Å². The summed E-state index contributed by atoms with van der Waals surface area (Å²) in [4.78, 5) is 9.21. The lowest BCUT2D eigenvalue weighted by atomic mass is 10.1. The second-order valence-electron chi connectivity index (χ2n) is 8.61. The first-order valence-corrected chi connectivity index (χ1v) is 17.3. The predicted molar refractivity (Wildman–Crippen MR) is 149 cm³/mol. The maximum Gasteiger partial charge on any atom is 0.296 e. The van der Waals surface area contributed by atoms with Gasteiger partial charge in [-0.2, -0.15) is 54.0 Å². The number of carbonyl (C=O) groups excluding carboxylic acids is 1. The Bertz CT molecular complexity index is 2250. The van der Waals surface area contributed by atoms with Gasteiger partial charge in [0.05, 0.1) is 26.3 Å². The number of azo groups is 1. The smallest absolute Gasteiger partial charge is 0.282 e. The highest BCUT2D eigenvalue weighted by Crippen LogP contribution is 2.38. The van der Waals surface area contributed by atoms with Crippen molar-refractivity contribution in [2.45, 2.75) is 32.5 Å². The molecule has 0 radical (unpaired) electrons. The van der Waals surface area contributed by atoms with Gasteiger partial charge in [-0.15, -0.1) is 0 Å². The topological polar surface area (TPSA) is 275 Å². The minimum atomic E-state index is -5.20. The van der Waals surface area contributed by atoms with E-state index in [1.807, 2.05) is 0 Å². The van der Waals surface area contributed by atoms with Crippen molar-refractivity contribution in [2.75, 3.05) is 5.01 Å². The fraction of sp³-hybridized carbons (Fsp3) is 0.100. The van der Waals surface area contributed by atoms with Gasteiger partial charge in [0, 0.05) is 5.39 Å². The normalized spacial score (nSPS) is 16.8. The van der Waals surface area contributed by atoms with E-state index in [4.69, 9.17) is 23.2 Å². The van der Waals surface area contributed by atoms with Crippen LogP contribution in [0.2, 0.25) is 10.0 Å². The van der Waals surface area contributed by atoms with Crippen molar-refractivity contribution in [3.05, 3.63) is 46.4 Å². The molecule has 1 aliphatic rings. The van der Waals surface area contributed by atoms with E-state index in [-0.39, 0.29) is 16.4 Å². The summed E-state index contributed by atoms with van der Waals surface area (Å²) < 4.78 is 132. The van der Waals surface area contributed by atoms with E-state index in [1.165, 1.54) is 6.92 Å². The van der Waals surface area contributed by atoms with E-state index in [2.05, 4.69) is 15.3 Å². The Morgan fingerprint density at radius 2 is 1.33 bits per heavy atom. The number of rotatable bonds is 7. The zero-order valence-corrected chi connectivity index (χ0v) is 25.5. The fourth-order valence-corrected chi connectivity index (χ4v) is 7.14. The van der Waals surface area contributed by atoms with Crippen molar-refractivity contribution in [2.24, 2.45) is 15.3 Å². The largest absolute Gasteiger partial charge is 0.296 e. The molecule has 0 saturated heterocycles. The third-order valence-corrected chi connectivity index (χ3v) is 9.93. The van der Waals surface area contributed by atoms with Crippen molar-refractivity contribution in [3.8, 4) is 0 Å². The van der Waals surface area contributed by atoms with Gasteiger partial charge in [-0.25, -0.2) is 0 Å². The molecule has 0 aliphatic carbocycles. The molecule has 1 unspecified atom stereocenters. The van der Waals surface area contributed by atoms with E-state index in [0.717, 1.165) is 12.1 Å². The standard InChI is InChI=1S/C20H14Cl2N4O13S4/c1-8-19(20(27)26(25-8)15-6-13(22)17(7-12(15)21)42(34,35)36)24-23-14-5-11-9(3-18(14)43(37,38)39)2-10(40(28,29)30)4-16(11)41(31,32)33/h2-7,19H,1H3,(H,28,29,30)(H,31,32,33)(H,34,35,36)(H,37,38,39). The van der Waals surface area contributed by atoms with Crippen LogP contribution in [0, 0.1) is 0 Å². The van der Waals surface area contributed by atoms with Crippen LogP contribution in [0.25, 0.3) is 10.8 Å². The molecule has 0 saturated carbocycles. The number of fused-ring (bicyclic) bond motifs is 1. The number of hydrazone groups is 1. The molecule has 1 heterocycles. The molecule has 43 heavy (non-hydrogen) atoms. The Kier molecular flexibility index (Phi) is 8.23. The third-order valence-electron chi connectivity index (χ3n) is 5.71. The van der Waals surface area contributed by atoms with E-state index in [1.54, 1.807) is 0 Å². The summed E-state index contributed by atoms with van der Waals surface area (Å²) in [6.07, 6.45) is 0. The Labute approximate surface area is 252 Å². The number of amides is 1. The number of halogens is 2. The molecule has 3 aromatic carbocycles. The SMILES string of the molecule is CC1=NN(c2cc(Cl)c(S(=O)(=O)O)cc2Cl)C(=O)C1N=Nc1cc2c(S(=O)(=O)O)cc(S(=O)(=O)O)cc2cc1S(=O)(=O)O. The van der Waals surface area contributed by atoms with Gasteiger partial charge in [-0.05, 0) is 48.7 Å². The van der Waals surface area contributed by atoms with Crippen molar-refractivity contribution < 1.29 is 56.7 Å². The summed E-state index contributed by atoms with van der Waals surface area (Å²) in [5, 5.41) is 10.1. The van der Waals surface area contributed by atoms with E-state index >= 15 is 0 Å². The Hall–Kier alpha value is -3.12. The number of hydrogen-bond acceptors (Lipinski definition) is 12. The molecule has 4 N–H and O–H groups in total. The zero-order chi connectivity index (χ0) is 32.4. The van der Waals surface area contributed by atoms with Crippen LogP contribution >= 0.6 is 23.2 Å². The average molecular weight is 718 g/mol. The average Bonchev–Trinajstić information content (AvgIpc) is 3.12. The van der Waals surface area contributed by atoms with E-state index in [0.29, 0.717) is 29.3 Å². The summed E-state index contributed by atoms with van der Waals surface area (Å²) in [6, 6.07) is 2.43. The highest BCUT2D eigenvalue weighted by atomic mass is 35.5. The number of carbonyl (C=O) groups is 1. The lowest BCUT2D eigenvalue weighted by Gasteiger charge is -2.15. The van der Waals surface area contributed by atoms with Gasteiger partial charge < -0.3 is 0 Å². The highest BCUT2D eigenvalue weighted by Gasteiger charge is 2.37. The molecule has 3 aromatic rings. The van der Waals surface area contributed by atoms with Crippen molar-refractivity contribution in [1.29, 1.82) is 0 Å². The minimum absolute atomic E-state index is 0.0644. The van der Waals surface area contributed by atoms with Crippen LogP contribution < -0.4 is 5.01 Å². The number of nitrogens with zero attached hydrogens (tertiary/aromatic N) is 4. The molecule has 4 rings (SSSR count). The van der Waals surface area contributed by atoms with Crippen LogP contribution in [0.4, 0.5) is 11.4 Å². The molecule has 1 aliphatic heterocycles. The van der Waals surface area contributed by atoms with Gasteiger partial charge in [-0.1, -0.05) is 23.2 Å². The molecule has 230 valence electrons. The first-order chi connectivity index (χ1) is 19.5. The molecule has 23 heteroatoms. The highest BCUT2D eigenvalue weighted by molar-refractivity contribution is 7.87. The van der Waals surface area contributed by atoms with Gasteiger partial charge in [0.1, 0.15) is 20.4 Å². The Balaban J connectivity index is 1.85. The number of anilines is 1. The molecule has 0 aromatic heterocycles. The fourth-order valence-electron chi connectivity index (χ4n) is 3.83. The van der Waals surface area contributed by atoms with Gasteiger partial charge in [0.2, 0.25) is 0 Å². The maximum absolute atomic E-state index is 13.1. The van der Waals surface area contributed by atoms with Crippen LogP contribution in [0.1, 0.15) is 6.92 Å². The summed E-state index contributed by atoms with van der Waals surface area (Å²) in [7, 11) is -20.2. The lowest BCUT2D eigenvalue weighted by Crippen LogP contribution is -2.30. The third kappa shape index (κ3) is 6.55. The predicted octanol–water partition coefficient (Wildman–Crippen LogP) is 3.01. The Morgan fingerprint density at radius 3 is 1.86 bits per heavy atom. The minimum Gasteiger partial charge on any atom is -0.282 e. The molecule has 0 spiro atoms. The van der Waals surface area contributed by atoms with Gasteiger partial charge >= 0.3 is 0 Å². The molecule has 0 fully saturated rings. The van der Waals surface area contributed by atoms with Crippen LogP contribution in [0.15, 0.2) is 71.3 Å². The van der Waals surface area contributed by atoms with Crippen LogP contribution in [0.5, 0.6) is 0 Å². The molecule has 0 bridgehead atoms. The summed E-state index contributed by atoms with van der Waals surface area (Å²) in [5.41, 5.74) is -1.07. The first kappa shape index (κ1) is 32.8. The van der Waals surface area contributed by atoms with Crippen molar-refractivity contribution >= 4 is 97.4 Å². The van der Waals surface area contributed by atoms with Crippen LogP contribution in [-0.4, -0.2) is 69.5 Å². The van der Waals surface area contributed by atoms with E-state index < -0.39 is 93.5 Å². The van der Waals surface area contributed by atoms with Crippen LogP contribution in [0.3, 0.4) is 0 Å². The molecular weight excluding hydrogens is 703 g/mol. The first-order valence-electron chi connectivity index (χ1n) is 10.8. The molecular formula is C20H14Cl2N4O13S4. The van der Waals surface area contributed by atoms with Crippen molar-refractivity contribution in [3.63, 3.8) is 0 Å². The van der Waals surface area contributed by atoms with Gasteiger partial charge in [0.15, 0.2) is 6.04 Å². The number of benzene rings is 3. The maximum atomic E-state index is 13.1. The second kappa shape index (κ2) is 10.8. The monoisotopic (exact) mass is 716 g/mol. The zero-order valence-electron chi connectivity index (χ0n) is 20.7. The molecule has 17 nitrogen and oxygen atoms in total. The van der Waals surface area contributed by atoms with Crippen LogP contribution in [-0.2, 0) is 45.3 Å². The van der Waals surface area contributed by atoms with Crippen molar-refractivity contribution in [1.82, 2.24) is 0 Å². The second-order valence-corrected chi connectivity index (χ2v) is 15.0. The lowest BCUT2D eigenvalue weighted by molar-refractivity contribution is -0.117. The molecule has 1 amide bonds. The Morgan fingerprint density at radius 1 is 0.744 bits per heavy atom. The number of hydrogen-bond donors (Lipinski definition) is 4. The summed E-state index contributed by atoms with van der Waals surface area (Å²) >= 11 is 12.0. The summed E-state index contributed by atoms with van der Waals surface area (Å²) in [6.45, 7) is 1.29. The molecule has 1 atom stereocenters.